The molecule has 0 saturated carbocycles. The molecule has 0 aliphatic carbocycles. The van der Waals surface area contributed by atoms with Crippen molar-refractivity contribution in [1.82, 2.24) is 25.8 Å². The number of benzene rings is 1. The van der Waals surface area contributed by atoms with Gasteiger partial charge >= 0.3 is 0 Å². The van der Waals surface area contributed by atoms with E-state index in [1.54, 1.807) is 0 Å². The quantitative estimate of drug-likeness (QED) is 0.753. The summed E-state index contributed by atoms with van der Waals surface area (Å²) in [6.45, 7) is 2.40. The molecule has 0 radical (unpaired) electrons. The molecule has 0 saturated heterocycles. The zero-order valence-corrected chi connectivity index (χ0v) is 11.1. The van der Waals surface area contributed by atoms with Crippen LogP contribution in [-0.4, -0.2) is 34.2 Å². The molecule has 3 rings (SSSR count). The van der Waals surface area contributed by atoms with Crippen LogP contribution < -0.4 is 10.6 Å². The molecular weight excluding hydrogens is 254 g/mol. The Bertz CT molecular complexity index is 594. The number of H-pyrrole nitrogens is 1. The highest BCUT2D eigenvalue weighted by Crippen LogP contribution is 2.15. The van der Waals surface area contributed by atoms with Crippen LogP contribution in [0.15, 0.2) is 24.5 Å². The SMILES string of the molecule is O=C(NCCc1ncn[nH]1)c1ccc2c(c1)CNCC2. The highest BCUT2D eigenvalue weighted by atomic mass is 16.1. The molecule has 1 aliphatic heterocycles. The molecule has 1 aromatic carbocycles. The van der Waals surface area contributed by atoms with Gasteiger partial charge in [0.2, 0.25) is 0 Å². The number of rotatable bonds is 4. The molecule has 1 aliphatic rings. The van der Waals surface area contributed by atoms with Crippen LogP contribution >= 0.6 is 0 Å². The maximum atomic E-state index is 12.1. The Morgan fingerprint density at radius 3 is 3.15 bits per heavy atom. The number of carbonyl (C=O) groups is 1. The molecule has 2 aromatic rings. The maximum absolute atomic E-state index is 12.1. The summed E-state index contributed by atoms with van der Waals surface area (Å²) < 4.78 is 0. The van der Waals surface area contributed by atoms with E-state index in [-0.39, 0.29) is 5.91 Å². The van der Waals surface area contributed by atoms with E-state index in [1.807, 2.05) is 12.1 Å². The predicted octanol–water partition coefficient (Wildman–Crippen LogP) is 0.423. The fourth-order valence-corrected chi connectivity index (χ4v) is 2.37. The summed E-state index contributed by atoms with van der Waals surface area (Å²) in [5, 5.41) is 12.8. The van der Waals surface area contributed by atoms with Crippen molar-refractivity contribution in [3.8, 4) is 0 Å². The van der Waals surface area contributed by atoms with E-state index in [0.717, 1.165) is 25.3 Å². The minimum atomic E-state index is -0.0436. The van der Waals surface area contributed by atoms with Crippen molar-refractivity contribution >= 4 is 5.91 Å². The fraction of sp³-hybridized carbons (Fsp3) is 0.357. The molecule has 3 N–H and O–H groups in total. The first-order valence-corrected chi connectivity index (χ1v) is 6.78. The van der Waals surface area contributed by atoms with E-state index in [0.29, 0.717) is 18.5 Å². The van der Waals surface area contributed by atoms with Crippen molar-refractivity contribution in [3.05, 3.63) is 47.0 Å². The molecule has 0 fully saturated rings. The number of aromatic amines is 1. The smallest absolute Gasteiger partial charge is 0.251 e. The van der Waals surface area contributed by atoms with Crippen LogP contribution in [0.1, 0.15) is 27.3 Å². The summed E-state index contributed by atoms with van der Waals surface area (Å²) in [7, 11) is 0. The molecule has 0 atom stereocenters. The number of nitrogens with one attached hydrogen (secondary N) is 3. The van der Waals surface area contributed by atoms with Gasteiger partial charge in [-0.3, -0.25) is 9.89 Å². The fourth-order valence-electron chi connectivity index (χ4n) is 2.37. The van der Waals surface area contributed by atoms with E-state index in [9.17, 15) is 4.79 Å². The van der Waals surface area contributed by atoms with Crippen molar-refractivity contribution in [3.63, 3.8) is 0 Å². The Kier molecular flexibility index (Phi) is 3.73. The third-order valence-electron chi connectivity index (χ3n) is 3.47. The average molecular weight is 271 g/mol. The molecule has 1 amide bonds. The minimum Gasteiger partial charge on any atom is -0.352 e. The van der Waals surface area contributed by atoms with Crippen molar-refractivity contribution < 1.29 is 4.79 Å². The number of amides is 1. The van der Waals surface area contributed by atoms with Gasteiger partial charge in [-0.2, -0.15) is 5.10 Å². The normalized spacial score (nSPS) is 13.8. The molecule has 1 aromatic heterocycles. The summed E-state index contributed by atoms with van der Waals surface area (Å²) in [5.41, 5.74) is 3.27. The van der Waals surface area contributed by atoms with Gasteiger partial charge in [-0.15, -0.1) is 0 Å². The van der Waals surface area contributed by atoms with Crippen LogP contribution in [0.2, 0.25) is 0 Å². The summed E-state index contributed by atoms with van der Waals surface area (Å²) >= 11 is 0. The van der Waals surface area contributed by atoms with Crippen LogP contribution in [0, 0.1) is 0 Å². The third-order valence-corrected chi connectivity index (χ3v) is 3.47. The van der Waals surface area contributed by atoms with Gasteiger partial charge in [-0.25, -0.2) is 4.98 Å². The molecular formula is C14H17N5O. The van der Waals surface area contributed by atoms with E-state index in [4.69, 9.17) is 0 Å². The first-order chi connectivity index (χ1) is 9.83. The number of hydrogen-bond donors (Lipinski definition) is 3. The lowest BCUT2D eigenvalue weighted by molar-refractivity contribution is 0.0954. The summed E-state index contributed by atoms with van der Waals surface area (Å²) in [4.78, 5) is 16.1. The van der Waals surface area contributed by atoms with Crippen molar-refractivity contribution in [1.29, 1.82) is 0 Å². The second-order valence-electron chi connectivity index (χ2n) is 4.85. The Labute approximate surface area is 117 Å². The highest BCUT2D eigenvalue weighted by Gasteiger charge is 2.12. The highest BCUT2D eigenvalue weighted by molar-refractivity contribution is 5.94. The van der Waals surface area contributed by atoms with Crippen LogP contribution in [0.3, 0.4) is 0 Å². The number of hydrogen-bond acceptors (Lipinski definition) is 4. The lowest BCUT2D eigenvalue weighted by atomic mass is 9.98. The average Bonchev–Trinajstić information content (AvgIpc) is 3.00. The molecule has 0 bridgehead atoms. The van der Waals surface area contributed by atoms with E-state index in [1.165, 1.54) is 17.5 Å². The van der Waals surface area contributed by atoms with Crippen molar-refractivity contribution in [2.45, 2.75) is 19.4 Å². The molecule has 0 spiro atoms. The Morgan fingerprint density at radius 1 is 1.35 bits per heavy atom. The Hall–Kier alpha value is -2.21. The third kappa shape index (κ3) is 2.85. The Balaban J connectivity index is 1.59. The van der Waals surface area contributed by atoms with Gasteiger partial charge < -0.3 is 10.6 Å². The number of fused-ring (bicyclic) bond motifs is 1. The monoisotopic (exact) mass is 271 g/mol. The number of nitrogens with zero attached hydrogens (tertiary/aromatic N) is 2. The van der Waals surface area contributed by atoms with Crippen molar-refractivity contribution in [2.75, 3.05) is 13.1 Å². The van der Waals surface area contributed by atoms with E-state index in [2.05, 4.69) is 31.9 Å². The predicted molar refractivity (Wildman–Crippen MR) is 74.3 cm³/mol. The standard InChI is InChI=1S/C14H17N5O/c20-14(16-6-4-13-17-9-18-19-13)11-2-1-10-3-5-15-8-12(10)7-11/h1-2,7,9,15H,3-6,8H2,(H,16,20)(H,17,18,19). The van der Waals surface area contributed by atoms with Gasteiger partial charge in [-0.1, -0.05) is 6.07 Å². The molecule has 0 unspecified atom stereocenters. The molecule has 2 heterocycles. The first-order valence-electron chi connectivity index (χ1n) is 6.78. The second kappa shape index (κ2) is 5.83. The largest absolute Gasteiger partial charge is 0.352 e. The lowest BCUT2D eigenvalue weighted by Crippen LogP contribution is -2.27. The Morgan fingerprint density at radius 2 is 2.30 bits per heavy atom. The topological polar surface area (TPSA) is 82.7 Å². The number of aromatic nitrogens is 3. The second-order valence-corrected chi connectivity index (χ2v) is 4.85. The van der Waals surface area contributed by atoms with E-state index < -0.39 is 0 Å². The number of carbonyl (C=O) groups excluding carboxylic acids is 1. The molecule has 6 heteroatoms. The van der Waals surface area contributed by atoms with Gasteiger partial charge in [0.25, 0.3) is 5.91 Å². The van der Waals surface area contributed by atoms with Crippen LogP contribution in [0.4, 0.5) is 0 Å². The summed E-state index contributed by atoms with van der Waals surface area (Å²) in [6, 6.07) is 5.93. The van der Waals surface area contributed by atoms with Gasteiger partial charge in [0.15, 0.2) is 0 Å². The van der Waals surface area contributed by atoms with Crippen LogP contribution in [-0.2, 0) is 19.4 Å². The maximum Gasteiger partial charge on any atom is 0.251 e. The van der Waals surface area contributed by atoms with Gasteiger partial charge in [0, 0.05) is 25.1 Å². The van der Waals surface area contributed by atoms with Crippen molar-refractivity contribution in [2.24, 2.45) is 0 Å². The van der Waals surface area contributed by atoms with Crippen LogP contribution in [0.25, 0.3) is 0 Å². The lowest BCUT2D eigenvalue weighted by Gasteiger charge is -2.17. The zero-order chi connectivity index (χ0) is 13.8. The first kappa shape index (κ1) is 12.8. The zero-order valence-electron chi connectivity index (χ0n) is 11.1. The van der Waals surface area contributed by atoms with Gasteiger partial charge in [0.1, 0.15) is 12.2 Å². The molecule has 104 valence electrons. The molecule has 6 nitrogen and oxygen atoms in total. The summed E-state index contributed by atoms with van der Waals surface area (Å²) in [5.74, 6) is 0.734. The van der Waals surface area contributed by atoms with Crippen LogP contribution in [0.5, 0.6) is 0 Å². The minimum absolute atomic E-state index is 0.0436. The van der Waals surface area contributed by atoms with Gasteiger partial charge in [-0.05, 0) is 36.2 Å². The van der Waals surface area contributed by atoms with Gasteiger partial charge in [0.05, 0.1) is 0 Å². The summed E-state index contributed by atoms with van der Waals surface area (Å²) in [6.07, 6.45) is 3.15. The van der Waals surface area contributed by atoms with E-state index >= 15 is 0 Å². The molecule has 20 heavy (non-hydrogen) atoms.